The maximum absolute atomic E-state index is 12.5. The first kappa shape index (κ1) is 29.7. The van der Waals surface area contributed by atoms with Crippen molar-refractivity contribution in [2.75, 3.05) is 0 Å². The molecule has 0 atom stereocenters. The maximum atomic E-state index is 12.5. The zero-order chi connectivity index (χ0) is 62.1. The smallest absolute Gasteiger partial charge is 0.220 e. The van der Waals surface area contributed by atoms with Gasteiger partial charge in [-0.2, -0.15) is 5.26 Å². The first-order valence-electron chi connectivity index (χ1n) is 30.9. The first-order valence-corrected chi connectivity index (χ1v) is 25.1. The molecule has 0 N–H and O–H groups in total. The zero-order valence-corrected chi connectivity index (χ0v) is 40.0. The van der Waals surface area contributed by atoms with Crippen LogP contribution in [0.5, 0.6) is 0 Å². The monoisotopic (exact) mass is 989 g/mol. The van der Waals surface area contributed by atoms with Crippen molar-refractivity contribution in [2.24, 2.45) is 0 Å². The molecule has 74 heavy (non-hydrogen) atoms. The second kappa shape index (κ2) is 16.5. The van der Waals surface area contributed by atoms with Crippen LogP contribution in [-0.4, -0.2) is 9.13 Å². The average molecular weight is 990 g/mol. The number of nitriles is 1. The lowest BCUT2D eigenvalue weighted by molar-refractivity contribution is 1.14. The SMILES string of the molecule is [2H]c1c([2H])c([2H])c(-c2ccc3c4ccccc4n(-c4c([N+]#[C-])c(-c5c([2H])c([2H])c([2H])c([2H])c5[2H])c(C#N)c(-n5c6c(ccc7c8ccccc8sc76)c6ccc7c8cccc(-c9ccccc9)c8sc7c65)c4-c4c([2H])c([2H])c([2H])c([2H])c4[2H])c3c2)c([2H])c1[2H]. The second-order valence-corrected chi connectivity index (χ2v) is 19.8. The molecule has 4 heterocycles. The van der Waals surface area contributed by atoms with E-state index in [1.54, 1.807) is 47.0 Å². The predicted molar refractivity (Wildman–Crippen MR) is 314 cm³/mol. The van der Waals surface area contributed by atoms with Crippen LogP contribution in [0.3, 0.4) is 0 Å². The topological polar surface area (TPSA) is 38.0 Å². The van der Waals surface area contributed by atoms with Crippen molar-refractivity contribution in [2.45, 2.75) is 0 Å². The molecule has 0 amide bonds. The molecule has 6 heteroatoms. The fourth-order valence-corrected chi connectivity index (χ4v) is 13.7. The fraction of sp³-hybridized carbons (Fsp3) is 0. The highest BCUT2D eigenvalue weighted by Crippen LogP contribution is 2.55. The molecule has 0 aliphatic carbocycles. The molecular weight excluding hydrogens is 937 g/mol. The quantitative estimate of drug-likeness (QED) is 0.153. The van der Waals surface area contributed by atoms with E-state index in [9.17, 15) is 20.1 Å². The number of nitrogens with zero attached hydrogens (tertiary/aromatic N) is 4. The van der Waals surface area contributed by atoms with Gasteiger partial charge >= 0.3 is 0 Å². The third-order valence-corrected chi connectivity index (χ3v) is 16.5. The summed E-state index contributed by atoms with van der Waals surface area (Å²) >= 11 is 2.96. The molecule has 342 valence electrons. The summed E-state index contributed by atoms with van der Waals surface area (Å²) in [6.45, 7) is 9.52. The summed E-state index contributed by atoms with van der Waals surface area (Å²) < 4.78 is 145. The van der Waals surface area contributed by atoms with Gasteiger partial charge in [-0.15, -0.1) is 22.7 Å². The molecule has 4 nitrogen and oxygen atoms in total. The number of hydrogen-bond acceptors (Lipinski definition) is 3. The molecule has 0 saturated heterocycles. The fourth-order valence-electron chi connectivity index (χ4n) is 11.0. The molecule has 0 aliphatic rings. The van der Waals surface area contributed by atoms with Crippen LogP contribution in [0.2, 0.25) is 0 Å². The Balaban J connectivity index is 1.28. The minimum Gasteiger partial charge on any atom is -0.318 e. The third kappa shape index (κ3) is 6.05. The van der Waals surface area contributed by atoms with Crippen molar-refractivity contribution in [3.8, 4) is 62.0 Å². The molecule has 0 spiro atoms. The van der Waals surface area contributed by atoms with Gasteiger partial charge in [0.15, 0.2) is 0 Å². The van der Waals surface area contributed by atoms with Gasteiger partial charge in [0, 0.05) is 63.6 Å². The van der Waals surface area contributed by atoms with Crippen LogP contribution in [0.4, 0.5) is 5.69 Å². The Morgan fingerprint density at radius 1 is 0.432 bits per heavy atom. The van der Waals surface area contributed by atoms with Crippen molar-refractivity contribution in [3.63, 3.8) is 0 Å². The van der Waals surface area contributed by atoms with Gasteiger partial charge in [-0.1, -0.05) is 212 Å². The molecule has 15 aromatic rings. The summed E-state index contributed by atoms with van der Waals surface area (Å²) in [6.07, 6.45) is 0. The Hall–Kier alpha value is -9.56. The maximum Gasteiger partial charge on any atom is 0.220 e. The van der Waals surface area contributed by atoms with Crippen molar-refractivity contribution in [1.29, 1.82) is 5.26 Å². The van der Waals surface area contributed by atoms with E-state index in [4.69, 9.17) is 12.3 Å². The standard InChI is InChI=1S/C68H38N4S2/c1-70-61-59(43-23-10-4-11-24-43)55(40-69)62(60(44-25-12-5-13-26-44)65(61)71-56-31-16-14-27-47(56)48-34-33-45(39-57(48)71)41-19-6-2-7-20-41)72-63-50(35-37-53-49-28-15-17-32-58(49)73-67(53)63)51-36-38-54-52-30-18-29-46(42-21-8-3-9-22-42)66(52)74-68(54)64(51)72/h2-39H/i2D,4D,5D,6D,7D,10D,11D,12D,13D,19D,20D,23D,24D,25D,26D. The normalized spacial score (nSPS) is 14.6. The lowest BCUT2D eigenvalue weighted by Crippen LogP contribution is -2.09. The summed E-state index contributed by atoms with van der Waals surface area (Å²) in [4.78, 5) is 4.24. The molecule has 0 fully saturated rings. The van der Waals surface area contributed by atoms with E-state index in [2.05, 4.69) is 10.9 Å². The van der Waals surface area contributed by atoms with Crippen LogP contribution in [0.15, 0.2) is 230 Å². The summed E-state index contributed by atoms with van der Waals surface area (Å²) in [5.41, 5.74) is 0.498. The summed E-state index contributed by atoms with van der Waals surface area (Å²) in [7, 11) is 0. The first-order chi connectivity index (χ1) is 42.9. The van der Waals surface area contributed by atoms with Gasteiger partial charge < -0.3 is 9.13 Å². The molecule has 0 radical (unpaired) electrons. The van der Waals surface area contributed by atoms with Gasteiger partial charge in [-0.05, 0) is 51.6 Å². The predicted octanol–water partition coefficient (Wildman–Crippen LogP) is 19.7. The minimum absolute atomic E-state index is 0.142. The highest BCUT2D eigenvalue weighted by atomic mass is 32.1. The summed E-state index contributed by atoms with van der Waals surface area (Å²) in [5.74, 6) is 0. The molecular formula is C68H38N4S2. The van der Waals surface area contributed by atoms with Crippen LogP contribution in [-0.2, 0) is 0 Å². The number of fused-ring (bicyclic) bond motifs is 14. The van der Waals surface area contributed by atoms with Gasteiger partial charge in [0.05, 0.1) is 75.5 Å². The van der Waals surface area contributed by atoms with Crippen LogP contribution in [0.25, 0.3) is 145 Å². The minimum atomic E-state index is -0.774. The molecule has 0 aliphatic heterocycles. The highest BCUT2D eigenvalue weighted by Gasteiger charge is 2.33. The summed E-state index contributed by atoms with van der Waals surface area (Å²) in [5, 5.41) is 18.3. The van der Waals surface area contributed by atoms with E-state index in [1.165, 1.54) is 22.7 Å². The van der Waals surface area contributed by atoms with E-state index in [0.717, 1.165) is 46.8 Å². The van der Waals surface area contributed by atoms with Gasteiger partial charge in [0.1, 0.15) is 6.07 Å². The number of thiophene rings is 2. The number of para-hydroxylation sites is 1. The van der Waals surface area contributed by atoms with E-state index in [1.807, 2.05) is 102 Å². The van der Waals surface area contributed by atoms with Crippen molar-refractivity contribution >= 4 is 112 Å². The van der Waals surface area contributed by atoms with Gasteiger partial charge in [0.25, 0.3) is 0 Å². The van der Waals surface area contributed by atoms with Gasteiger partial charge in [0.2, 0.25) is 5.69 Å². The van der Waals surface area contributed by atoms with Gasteiger partial charge in [-0.3, -0.25) is 0 Å². The molecule has 0 saturated carbocycles. The van der Waals surface area contributed by atoms with Crippen molar-refractivity contribution < 1.29 is 20.6 Å². The van der Waals surface area contributed by atoms with Crippen molar-refractivity contribution in [1.82, 2.24) is 9.13 Å². The second-order valence-electron chi connectivity index (χ2n) is 17.7. The Morgan fingerprint density at radius 3 is 1.69 bits per heavy atom. The Morgan fingerprint density at radius 2 is 0.986 bits per heavy atom. The van der Waals surface area contributed by atoms with E-state index < -0.39 is 119 Å². The third-order valence-electron chi connectivity index (χ3n) is 14.0. The molecule has 0 bridgehead atoms. The van der Waals surface area contributed by atoms with Crippen LogP contribution in [0, 0.1) is 17.9 Å². The summed E-state index contributed by atoms with van der Waals surface area (Å²) in [6, 6.07) is 35.9. The average Bonchev–Trinajstić information content (AvgIpc) is 1.60. The van der Waals surface area contributed by atoms with E-state index in [0.29, 0.717) is 42.8 Å². The number of aromatic nitrogens is 2. The Labute approximate surface area is 454 Å². The lowest BCUT2D eigenvalue weighted by atomic mass is 9.88. The van der Waals surface area contributed by atoms with E-state index >= 15 is 0 Å². The zero-order valence-electron chi connectivity index (χ0n) is 53.4. The van der Waals surface area contributed by atoms with Crippen LogP contribution < -0.4 is 0 Å². The highest BCUT2D eigenvalue weighted by molar-refractivity contribution is 7.27. The molecule has 4 aromatic heterocycles. The number of hydrogen-bond donors (Lipinski definition) is 0. The van der Waals surface area contributed by atoms with Crippen molar-refractivity contribution in [3.05, 3.63) is 247 Å². The van der Waals surface area contributed by atoms with Crippen LogP contribution >= 0.6 is 22.7 Å². The number of benzene rings is 11. The lowest BCUT2D eigenvalue weighted by Gasteiger charge is -2.26. The number of rotatable bonds is 6. The Kier molecular flexibility index (Phi) is 6.62. The van der Waals surface area contributed by atoms with Gasteiger partial charge in [-0.25, -0.2) is 4.85 Å². The largest absolute Gasteiger partial charge is 0.318 e. The van der Waals surface area contributed by atoms with Crippen LogP contribution in [0.1, 0.15) is 26.1 Å². The Bertz CT molecular complexity index is 5760. The molecule has 0 unspecified atom stereocenters. The molecule has 15 rings (SSSR count). The molecule has 11 aromatic carbocycles. The van der Waals surface area contributed by atoms with E-state index in [-0.39, 0.29) is 33.6 Å².